The van der Waals surface area contributed by atoms with Crippen molar-refractivity contribution in [3.05, 3.63) is 52.8 Å². The van der Waals surface area contributed by atoms with Crippen LogP contribution in [-0.2, 0) is 25.3 Å². The first kappa shape index (κ1) is 25.2. The van der Waals surface area contributed by atoms with E-state index in [2.05, 4.69) is 15.3 Å². The molecule has 0 saturated carbocycles. The van der Waals surface area contributed by atoms with E-state index in [1.165, 1.54) is 0 Å². The van der Waals surface area contributed by atoms with E-state index in [9.17, 15) is 26.3 Å². The minimum absolute atomic E-state index is 0.0110. The Morgan fingerprint density at radius 2 is 1.61 bits per heavy atom. The van der Waals surface area contributed by atoms with Gasteiger partial charge in [-0.3, -0.25) is 0 Å². The third-order valence-electron chi connectivity index (χ3n) is 5.70. The maximum absolute atomic E-state index is 13.3. The molecule has 5 nitrogen and oxygen atoms in total. The summed E-state index contributed by atoms with van der Waals surface area (Å²) in [6.45, 7) is 2.32. The number of hydrogen-bond acceptors (Lipinski definition) is 5. The number of benzene rings is 1. The van der Waals surface area contributed by atoms with Crippen molar-refractivity contribution in [1.29, 1.82) is 0 Å². The van der Waals surface area contributed by atoms with Gasteiger partial charge in [-0.2, -0.15) is 26.3 Å². The Kier molecular flexibility index (Phi) is 7.84. The van der Waals surface area contributed by atoms with E-state index in [4.69, 9.17) is 5.11 Å². The van der Waals surface area contributed by atoms with Gasteiger partial charge in [0.15, 0.2) is 0 Å². The molecule has 3 rings (SSSR count). The molecule has 2 N–H and O–H groups in total. The van der Waals surface area contributed by atoms with Gasteiger partial charge in [0, 0.05) is 44.2 Å². The molecule has 1 saturated heterocycles. The van der Waals surface area contributed by atoms with Gasteiger partial charge >= 0.3 is 12.4 Å². The van der Waals surface area contributed by atoms with E-state index in [1.807, 2.05) is 6.92 Å². The Bertz CT molecular complexity index is 884. The van der Waals surface area contributed by atoms with Crippen molar-refractivity contribution in [1.82, 2.24) is 15.3 Å². The highest BCUT2D eigenvalue weighted by molar-refractivity contribution is 5.39. The molecule has 1 unspecified atom stereocenters. The third-order valence-corrected chi connectivity index (χ3v) is 5.70. The van der Waals surface area contributed by atoms with Crippen LogP contribution < -0.4 is 10.2 Å². The lowest BCUT2D eigenvalue weighted by molar-refractivity contribution is -0.143. The van der Waals surface area contributed by atoms with Crippen molar-refractivity contribution in [2.45, 2.75) is 63.6 Å². The fraction of sp³-hybridized carbons (Fsp3) is 0.545. The second kappa shape index (κ2) is 10.3. The fourth-order valence-electron chi connectivity index (χ4n) is 3.93. The highest BCUT2D eigenvalue weighted by Gasteiger charge is 2.37. The molecule has 0 amide bonds. The molecule has 33 heavy (non-hydrogen) atoms. The number of aromatic nitrogens is 2. The first-order chi connectivity index (χ1) is 15.5. The van der Waals surface area contributed by atoms with Gasteiger partial charge in [-0.05, 0) is 55.0 Å². The molecule has 0 bridgehead atoms. The normalized spacial score (nSPS) is 19.2. The Balaban J connectivity index is 1.96. The van der Waals surface area contributed by atoms with Gasteiger partial charge in [-0.1, -0.05) is 6.92 Å². The third kappa shape index (κ3) is 6.57. The molecule has 2 atom stereocenters. The summed E-state index contributed by atoms with van der Waals surface area (Å²) >= 11 is 0. The zero-order chi connectivity index (χ0) is 24.2. The summed E-state index contributed by atoms with van der Waals surface area (Å²) in [6.07, 6.45) is -4.09. The molecule has 11 heteroatoms. The van der Waals surface area contributed by atoms with Crippen LogP contribution in [0.1, 0.15) is 48.4 Å². The minimum Gasteiger partial charge on any atom is -0.396 e. The van der Waals surface area contributed by atoms with Crippen molar-refractivity contribution in [2.75, 3.05) is 18.1 Å². The smallest absolute Gasteiger partial charge is 0.396 e. The topological polar surface area (TPSA) is 61.3 Å². The van der Waals surface area contributed by atoms with Crippen LogP contribution in [0.25, 0.3) is 0 Å². The summed E-state index contributed by atoms with van der Waals surface area (Å²) in [6, 6.07) is 1.62. The van der Waals surface area contributed by atoms with Gasteiger partial charge in [-0.15, -0.1) is 0 Å². The number of halogens is 6. The molecule has 1 fully saturated rings. The molecule has 1 aromatic heterocycles. The van der Waals surface area contributed by atoms with Gasteiger partial charge < -0.3 is 15.3 Å². The predicted octanol–water partition coefficient (Wildman–Crippen LogP) is 4.59. The summed E-state index contributed by atoms with van der Waals surface area (Å²) in [4.78, 5) is 10.3. The van der Waals surface area contributed by atoms with E-state index >= 15 is 0 Å². The van der Waals surface area contributed by atoms with Crippen LogP contribution in [0.4, 0.5) is 32.3 Å². The lowest BCUT2D eigenvalue weighted by Gasteiger charge is -2.29. The number of anilines is 1. The number of nitrogens with zero attached hydrogens (tertiary/aromatic N) is 3. The average Bonchev–Trinajstić information content (AvgIpc) is 3.24. The van der Waals surface area contributed by atoms with Crippen molar-refractivity contribution >= 4 is 5.95 Å². The average molecular weight is 476 g/mol. The number of rotatable bonds is 8. The Labute approximate surface area is 187 Å². The van der Waals surface area contributed by atoms with Crippen LogP contribution in [0.5, 0.6) is 0 Å². The van der Waals surface area contributed by atoms with Crippen LogP contribution in [-0.4, -0.2) is 40.3 Å². The molecule has 2 heterocycles. The molecule has 2 aromatic rings. The molecule has 182 valence electrons. The van der Waals surface area contributed by atoms with Gasteiger partial charge in [-0.25, -0.2) is 9.97 Å². The van der Waals surface area contributed by atoms with Crippen molar-refractivity contribution in [2.24, 2.45) is 0 Å². The fourth-order valence-corrected chi connectivity index (χ4v) is 3.93. The van der Waals surface area contributed by atoms with E-state index in [1.54, 1.807) is 17.3 Å². The first-order valence-corrected chi connectivity index (χ1v) is 10.7. The van der Waals surface area contributed by atoms with Gasteiger partial charge in [0.2, 0.25) is 5.95 Å². The van der Waals surface area contributed by atoms with Gasteiger partial charge in [0.05, 0.1) is 11.1 Å². The summed E-state index contributed by atoms with van der Waals surface area (Å²) in [5.41, 5.74) is -2.03. The molecular weight excluding hydrogens is 450 g/mol. The van der Waals surface area contributed by atoms with Crippen LogP contribution in [0.2, 0.25) is 0 Å². The summed E-state index contributed by atoms with van der Waals surface area (Å²) in [5, 5.41) is 12.3. The number of aliphatic hydroxyl groups is 1. The summed E-state index contributed by atoms with van der Waals surface area (Å²) in [5.74, 6) is 0.234. The SMILES string of the molecule is CCC1C[C@H](N(Cc2cc(C(F)(F)F)cc(C(F)(F)F)c2)c2ncc(CCCO)cn2)CN1. The van der Waals surface area contributed by atoms with Gasteiger partial charge in [0.25, 0.3) is 0 Å². The Morgan fingerprint density at radius 3 is 2.09 bits per heavy atom. The monoisotopic (exact) mass is 476 g/mol. The number of nitrogens with one attached hydrogen (secondary N) is 1. The van der Waals surface area contributed by atoms with Crippen LogP contribution in [0.3, 0.4) is 0 Å². The molecule has 1 aromatic carbocycles. The first-order valence-electron chi connectivity index (χ1n) is 10.7. The highest BCUT2D eigenvalue weighted by Crippen LogP contribution is 2.37. The molecular formula is C22H26F6N4O. The molecule has 0 radical (unpaired) electrons. The van der Waals surface area contributed by atoms with Gasteiger partial charge in [0.1, 0.15) is 0 Å². The van der Waals surface area contributed by atoms with Crippen molar-refractivity contribution in [3.8, 4) is 0 Å². The summed E-state index contributed by atoms with van der Waals surface area (Å²) in [7, 11) is 0. The second-order valence-electron chi connectivity index (χ2n) is 8.16. The number of aliphatic hydroxyl groups excluding tert-OH is 1. The molecule has 0 spiro atoms. The zero-order valence-corrected chi connectivity index (χ0v) is 18.0. The van der Waals surface area contributed by atoms with Crippen molar-refractivity contribution < 1.29 is 31.4 Å². The Morgan fingerprint density at radius 1 is 1.00 bits per heavy atom. The molecule has 1 aliphatic heterocycles. The Hall–Kier alpha value is -2.40. The number of hydrogen-bond donors (Lipinski definition) is 2. The highest BCUT2D eigenvalue weighted by atomic mass is 19.4. The quantitative estimate of drug-likeness (QED) is 0.546. The van der Waals surface area contributed by atoms with E-state index in [-0.39, 0.29) is 42.8 Å². The van der Waals surface area contributed by atoms with E-state index in [0.717, 1.165) is 24.1 Å². The van der Waals surface area contributed by atoms with E-state index < -0.39 is 23.5 Å². The van der Waals surface area contributed by atoms with Crippen molar-refractivity contribution in [3.63, 3.8) is 0 Å². The lowest BCUT2D eigenvalue weighted by atomic mass is 10.0. The summed E-state index contributed by atoms with van der Waals surface area (Å²) < 4.78 is 79.8. The van der Waals surface area contributed by atoms with Crippen LogP contribution in [0, 0.1) is 0 Å². The second-order valence-corrected chi connectivity index (χ2v) is 8.16. The zero-order valence-electron chi connectivity index (χ0n) is 18.0. The molecule has 1 aliphatic rings. The number of aryl methyl sites for hydroxylation is 1. The maximum atomic E-state index is 13.3. The predicted molar refractivity (Wildman–Crippen MR) is 111 cm³/mol. The van der Waals surface area contributed by atoms with E-state index in [0.29, 0.717) is 25.8 Å². The van der Waals surface area contributed by atoms with Crippen LogP contribution >= 0.6 is 0 Å². The number of alkyl halides is 6. The standard InChI is InChI=1S/C22H26F6N4O/c1-2-18-9-19(12-29-18)32(20-30-10-14(11-31-20)4-3-5-33)13-15-6-16(21(23,24)25)8-17(7-15)22(26,27)28/h6-8,10-11,18-19,29,33H,2-5,9,12-13H2,1H3/t18?,19-/m0/s1. The lowest BCUT2D eigenvalue weighted by Crippen LogP contribution is -2.37. The minimum atomic E-state index is -4.91. The van der Waals surface area contributed by atoms with Crippen LogP contribution in [0.15, 0.2) is 30.6 Å². The largest absolute Gasteiger partial charge is 0.416 e. The maximum Gasteiger partial charge on any atom is 0.416 e. The molecule has 0 aliphatic carbocycles.